The van der Waals surface area contributed by atoms with Crippen molar-refractivity contribution in [3.63, 3.8) is 0 Å². The van der Waals surface area contributed by atoms with Crippen LogP contribution in [0.2, 0.25) is 0 Å². The molecule has 1 N–H and O–H groups in total. The largest absolute Gasteiger partial charge is 0.489 e. The van der Waals surface area contributed by atoms with Gasteiger partial charge in [-0.05, 0) is 23.8 Å². The van der Waals surface area contributed by atoms with Gasteiger partial charge in [0.15, 0.2) is 0 Å². The smallest absolute Gasteiger partial charge is 0.307 e. The molecule has 2 aromatic rings. The third-order valence-corrected chi connectivity index (χ3v) is 2.65. The van der Waals surface area contributed by atoms with Crippen LogP contribution in [-0.2, 0) is 17.8 Å². The maximum atomic E-state index is 10.7. The van der Waals surface area contributed by atoms with E-state index in [2.05, 4.69) is 4.98 Å². The Morgan fingerprint density at radius 1 is 1.35 bits per heavy atom. The molecule has 0 unspecified atom stereocenters. The van der Waals surface area contributed by atoms with Crippen LogP contribution in [0.5, 0.6) is 5.75 Å². The van der Waals surface area contributed by atoms with E-state index in [4.69, 9.17) is 15.1 Å². The molecule has 100 valence electrons. The van der Waals surface area contributed by atoms with E-state index in [0.29, 0.717) is 22.6 Å². The quantitative estimate of drug-likeness (QED) is 0.898. The van der Waals surface area contributed by atoms with Crippen molar-refractivity contribution in [2.24, 2.45) is 0 Å². The Morgan fingerprint density at radius 2 is 2.20 bits per heavy atom. The number of rotatable bonds is 5. The molecule has 0 saturated carbocycles. The number of aliphatic carboxylic acids is 1. The average molecular weight is 268 g/mol. The monoisotopic (exact) mass is 268 g/mol. The Bertz CT molecular complexity index is 662. The van der Waals surface area contributed by atoms with E-state index >= 15 is 0 Å². The lowest BCUT2D eigenvalue weighted by molar-refractivity contribution is -0.136. The van der Waals surface area contributed by atoms with Gasteiger partial charge in [-0.3, -0.25) is 4.79 Å². The summed E-state index contributed by atoms with van der Waals surface area (Å²) in [6.45, 7) is 0.216. The fourth-order valence-corrected chi connectivity index (χ4v) is 1.74. The highest BCUT2D eigenvalue weighted by molar-refractivity contribution is 5.70. The SMILES string of the molecule is N#Cc1ncccc1COc1cccc(CC(=O)O)c1. The number of hydrogen-bond acceptors (Lipinski definition) is 4. The van der Waals surface area contributed by atoms with E-state index < -0.39 is 5.97 Å². The van der Waals surface area contributed by atoms with E-state index in [0.717, 1.165) is 0 Å². The minimum atomic E-state index is -0.888. The van der Waals surface area contributed by atoms with Gasteiger partial charge >= 0.3 is 5.97 Å². The molecule has 1 aromatic heterocycles. The van der Waals surface area contributed by atoms with Gasteiger partial charge in [0.1, 0.15) is 24.1 Å². The summed E-state index contributed by atoms with van der Waals surface area (Å²) in [6, 6.07) is 12.4. The fraction of sp³-hybridized carbons (Fsp3) is 0.133. The first kappa shape index (κ1) is 13.6. The van der Waals surface area contributed by atoms with Gasteiger partial charge in [0.25, 0.3) is 0 Å². The molecule has 0 aliphatic rings. The molecule has 1 aromatic carbocycles. The summed E-state index contributed by atoms with van der Waals surface area (Å²) in [5, 5.41) is 17.7. The number of nitrogens with zero attached hydrogens (tertiary/aromatic N) is 2. The number of hydrogen-bond donors (Lipinski definition) is 1. The molecule has 0 saturated heterocycles. The van der Waals surface area contributed by atoms with E-state index in [9.17, 15) is 4.79 Å². The summed E-state index contributed by atoms with van der Waals surface area (Å²) < 4.78 is 5.57. The van der Waals surface area contributed by atoms with Gasteiger partial charge in [-0.15, -0.1) is 0 Å². The van der Waals surface area contributed by atoms with Crippen LogP contribution in [0.1, 0.15) is 16.8 Å². The first-order valence-corrected chi connectivity index (χ1v) is 5.96. The van der Waals surface area contributed by atoms with E-state index in [1.54, 1.807) is 42.6 Å². The maximum Gasteiger partial charge on any atom is 0.307 e. The summed E-state index contributed by atoms with van der Waals surface area (Å²) in [5.41, 5.74) is 1.69. The highest BCUT2D eigenvalue weighted by atomic mass is 16.5. The van der Waals surface area contributed by atoms with Crippen molar-refractivity contribution >= 4 is 5.97 Å². The van der Waals surface area contributed by atoms with Gasteiger partial charge < -0.3 is 9.84 Å². The van der Waals surface area contributed by atoms with Crippen molar-refractivity contribution in [3.8, 4) is 11.8 Å². The second kappa shape index (κ2) is 6.34. The normalized spacial score (nSPS) is 9.75. The zero-order chi connectivity index (χ0) is 14.4. The molecule has 1 heterocycles. The second-order valence-corrected chi connectivity index (χ2v) is 4.13. The number of carbonyl (C=O) groups is 1. The number of carboxylic acids is 1. The Hall–Kier alpha value is -2.87. The summed E-state index contributed by atoms with van der Waals surface area (Å²) in [7, 11) is 0. The molecule has 0 fully saturated rings. The molecule has 2 rings (SSSR count). The minimum Gasteiger partial charge on any atom is -0.489 e. The van der Waals surface area contributed by atoms with Gasteiger partial charge in [-0.25, -0.2) is 4.98 Å². The average Bonchev–Trinajstić information content (AvgIpc) is 2.45. The molecule has 0 radical (unpaired) electrons. The Morgan fingerprint density at radius 3 is 2.95 bits per heavy atom. The number of nitriles is 1. The first-order chi connectivity index (χ1) is 9.69. The van der Waals surface area contributed by atoms with Crippen molar-refractivity contribution in [1.82, 2.24) is 4.98 Å². The van der Waals surface area contributed by atoms with Gasteiger partial charge in [-0.1, -0.05) is 18.2 Å². The molecule has 0 bridgehead atoms. The summed E-state index contributed by atoms with van der Waals surface area (Å²) in [4.78, 5) is 14.6. The molecule has 0 atom stereocenters. The summed E-state index contributed by atoms with van der Waals surface area (Å²) in [5.74, 6) is -0.322. The molecule has 0 spiro atoms. The van der Waals surface area contributed by atoms with Crippen molar-refractivity contribution < 1.29 is 14.6 Å². The van der Waals surface area contributed by atoms with E-state index in [1.807, 2.05) is 6.07 Å². The number of ether oxygens (including phenoxy) is 1. The summed E-state index contributed by atoms with van der Waals surface area (Å²) in [6.07, 6.45) is 1.50. The molecule has 0 amide bonds. The standard InChI is InChI=1S/C15H12N2O3/c16-9-14-12(4-2-6-17-14)10-20-13-5-1-3-11(7-13)8-15(18)19/h1-7H,8,10H2,(H,18,19). The molecule has 5 nitrogen and oxygen atoms in total. The predicted molar refractivity (Wildman–Crippen MR) is 71.1 cm³/mol. The fourth-order valence-electron chi connectivity index (χ4n) is 1.74. The number of benzene rings is 1. The number of carboxylic acid groups (broad SMARTS) is 1. The molecule has 0 aliphatic carbocycles. The molecular weight excluding hydrogens is 256 g/mol. The molecule has 20 heavy (non-hydrogen) atoms. The van der Waals surface area contributed by atoms with Crippen molar-refractivity contribution in [2.75, 3.05) is 0 Å². The van der Waals surface area contributed by atoms with Crippen LogP contribution in [0, 0.1) is 11.3 Å². The van der Waals surface area contributed by atoms with Crippen LogP contribution in [0.15, 0.2) is 42.6 Å². The van der Waals surface area contributed by atoms with Crippen LogP contribution in [-0.4, -0.2) is 16.1 Å². The minimum absolute atomic E-state index is 0.0481. The van der Waals surface area contributed by atoms with E-state index in [1.165, 1.54) is 0 Å². The van der Waals surface area contributed by atoms with Crippen LogP contribution >= 0.6 is 0 Å². The topological polar surface area (TPSA) is 83.2 Å². The maximum absolute atomic E-state index is 10.7. The van der Waals surface area contributed by atoms with Crippen molar-refractivity contribution in [1.29, 1.82) is 5.26 Å². The van der Waals surface area contributed by atoms with Gasteiger partial charge in [0.05, 0.1) is 6.42 Å². The third kappa shape index (κ3) is 3.56. The lowest BCUT2D eigenvalue weighted by Crippen LogP contribution is -2.02. The molecule has 0 aliphatic heterocycles. The van der Waals surface area contributed by atoms with Crippen LogP contribution in [0.3, 0.4) is 0 Å². The second-order valence-electron chi connectivity index (χ2n) is 4.13. The van der Waals surface area contributed by atoms with E-state index in [-0.39, 0.29) is 13.0 Å². The Labute approximate surface area is 116 Å². The Balaban J connectivity index is 2.07. The predicted octanol–water partition coefficient (Wildman–Crippen LogP) is 2.16. The molecule has 5 heteroatoms. The highest BCUT2D eigenvalue weighted by Gasteiger charge is 2.05. The van der Waals surface area contributed by atoms with Gasteiger partial charge in [-0.2, -0.15) is 5.26 Å². The highest BCUT2D eigenvalue weighted by Crippen LogP contribution is 2.16. The lowest BCUT2D eigenvalue weighted by atomic mass is 10.1. The lowest BCUT2D eigenvalue weighted by Gasteiger charge is -2.08. The van der Waals surface area contributed by atoms with Crippen LogP contribution in [0.4, 0.5) is 0 Å². The number of pyridine rings is 1. The zero-order valence-corrected chi connectivity index (χ0v) is 10.6. The first-order valence-electron chi connectivity index (χ1n) is 5.96. The van der Waals surface area contributed by atoms with Gasteiger partial charge in [0.2, 0.25) is 0 Å². The number of aromatic nitrogens is 1. The van der Waals surface area contributed by atoms with Crippen molar-refractivity contribution in [3.05, 3.63) is 59.4 Å². The summed E-state index contributed by atoms with van der Waals surface area (Å²) >= 11 is 0. The molecular formula is C15H12N2O3. The van der Waals surface area contributed by atoms with Crippen molar-refractivity contribution in [2.45, 2.75) is 13.0 Å². The van der Waals surface area contributed by atoms with Crippen LogP contribution in [0.25, 0.3) is 0 Å². The van der Waals surface area contributed by atoms with Gasteiger partial charge in [0, 0.05) is 11.8 Å². The van der Waals surface area contributed by atoms with Crippen LogP contribution < -0.4 is 4.74 Å². The Kier molecular flexibility index (Phi) is 4.30. The zero-order valence-electron chi connectivity index (χ0n) is 10.6. The third-order valence-electron chi connectivity index (χ3n) is 2.65.